The van der Waals surface area contributed by atoms with Gasteiger partial charge in [0, 0.05) is 12.2 Å². The van der Waals surface area contributed by atoms with E-state index in [-0.39, 0.29) is 12.5 Å². The van der Waals surface area contributed by atoms with Gasteiger partial charge in [0.25, 0.3) is 5.91 Å². The molecule has 0 aromatic carbocycles. The molecule has 0 radical (unpaired) electrons. The summed E-state index contributed by atoms with van der Waals surface area (Å²) in [7, 11) is 0. The van der Waals surface area contributed by atoms with Crippen LogP contribution in [0.25, 0.3) is 0 Å². The van der Waals surface area contributed by atoms with Crippen LogP contribution >= 0.6 is 23.2 Å². The van der Waals surface area contributed by atoms with Gasteiger partial charge in [-0.25, -0.2) is 0 Å². The Hall–Kier alpha value is -0.740. The van der Waals surface area contributed by atoms with Gasteiger partial charge in [-0.2, -0.15) is 5.10 Å². The molecule has 78 valence electrons. The smallest absolute Gasteiger partial charge is 0.255 e. The van der Waals surface area contributed by atoms with E-state index in [2.05, 4.69) is 15.5 Å². The number of aromatic nitrogens is 2. The summed E-state index contributed by atoms with van der Waals surface area (Å²) in [6.07, 6.45) is 0. The van der Waals surface area contributed by atoms with Gasteiger partial charge in [-0.15, -0.1) is 23.2 Å². The van der Waals surface area contributed by atoms with Crippen LogP contribution in [0, 0.1) is 13.8 Å². The molecule has 6 heteroatoms. The van der Waals surface area contributed by atoms with E-state index in [1.54, 1.807) is 13.8 Å². The monoisotopic (exact) mass is 235 g/mol. The maximum absolute atomic E-state index is 11.6. The summed E-state index contributed by atoms with van der Waals surface area (Å²) < 4.78 is 0. The van der Waals surface area contributed by atoms with Crippen molar-refractivity contribution < 1.29 is 4.79 Å². The first-order chi connectivity index (χ1) is 6.52. The van der Waals surface area contributed by atoms with E-state index in [4.69, 9.17) is 23.2 Å². The number of alkyl halides is 2. The number of H-pyrrole nitrogens is 1. The normalized spacial score (nSPS) is 10.6. The van der Waals surface area contributed by atoms with Crippen LogP contribution in [0.2, 0.25) is 0 Å². The molecule has 0 saturated carbocycles. The van der Waals surface area contributed by atoms with Gasteiger partial charge in [0.1, 0.15) is 4.84 Å². The first-order valence-electron chi connectivity index (χ1n) is 4.10. The van der Waals surface area contributed by atoms with Gasteiger partial charge in [0.2, 0.25) is 0 Å². The molecule has 0 aliphatic heterocycles. The number of nitrogens with zero attached hydrogens (tertiary/aromatic N) is 1. The quantitative estimate of drug-likeness (QED) is 0.782. The van der Waals surface area contributed by atoms with Crippen LogP contribution in [0.4, 0.5) is 0 Å². The number of aryl methyl sites for hydroxylation is 2. The summed E-state index contributed by atoms with van der Waals surface area (Å²) in [4.78, 5) is 11.0. The van der Waals surface area contributed by atoms with E-state index in [1.807, 2.05) is 0 Å². The fraction of sp³-hybridized carbons (Fsp3) is 0.500. The van der Waals surface area contributed by atoms with Crippen molar-refractivity contribution in [1.29, 1.82) is 0 Å². The van der Waals surface area contributed by atoms with Crippen molar-refractivity contribution in [3.8, 4) is 0 Å². The van der Waals surface area contributed by atoms with Crippen molar-refractivity contribution in [3.63, 3.8) is 0 Å². The third-order valence-electron chi connectivity index (χ3n) is 1.77. The number of rotatable bonds is 3. The van der Waals surface area contributed by atoms with E-state index in [0.717, 1.165) is 5.69 Å². The van der Waals surface area contributed by atoms with Gasteiger partial charge in [0.05, 0.1) is 11.3 Å². The van der Waals surface area contributed by atoms with Crippen molar-refractivity contribution in [3.05, 3.63) is 17.0 Å². The van der Waals surface area contributed by atoms with Crippen LogP contribution in [0.3, 0.4) is 0 Å². The minimum atomic E-state index is -0.591. The Morgan fingerprint density at radius 2 is 2.21 bits per heavy atom. The molecule has 0 aliphatic rings. The first-order valence-corrected chi connectivity index (χ1v) is 4.97. The van der Waals surface area contributed by atoms with Crippen LogP contribution in [0.1, 0.15) is 21.7 Å². The van der Waals surface area contributed by atoms with E-state index in [1.165, 1.54) is 0 Å². The van der Waals surface area contributed by atoms with Gasteiger partial charge in [-0.05, 0) is 13.8 Å². The number of carbonyl (C=O) groups excluding carboxylic acids is 1. The van der Waals surface area contributed by atoms with Crippen LogP contribution in [0.15, 0.2) is 0 Å². The number of hydrogen-bond donors (Lipinski definition) is 2. The topological polar surface area (TPSA) is 57.8 Å². The first kappa shape index (κ1) is 11.3. The molecule has 1 amide bonds. The number of carbonyl (C=O) groups is 1. The zero-order valence-corrected chi connectivity index (χ0v) is 9.41. The van der Waals surface area contributed by atoms with Crippen molar-refractivity contribution >= 4 is 29.1 Å². The molecule has 0 spiro atoms. The van der Waals surface area contributed by atoms with Crippen LogP contribution in [-0.2, 0) is 0 Å². The average Bonchev–Trinajstić information content (AvgIpc) is 2.42. The van der Waals surface area contributed by atoms with E-state index >= 15 is 0 Å². The molecular formula is C8H11Cl2N3O. The number of amides is 1. The van der Waals surface area contributed by atoms with Gasteiger partial charge in [-0.1, -0.05) is 0 Å². The standard InChI is InChI=1S/C8H11Cl2N3O/c1-4-7(5(2)13-12-4)8(14)11-3-6(9)10/h6H,3H2,1-2H3,(H,11,14)(H,12,13). The van der Waals surface area contributed by atoms with Crippen molar-refractivity contribution in [2.45, 2.75) is 18.7 Å². The minimum Gasteiger partial charge on any atom is -0.349 e. The van der Waals surface area contributed by atoms with Gasteiger partial charge in [0.15, 0.2) is 0 Å². The highest BCUT2D eigenvalue weighted by Crippen LogP contribution is 2.09. The molecule has 1 aromatic heterocycles. The molecule has 1 heterocycles. The summed E-state index contributed by atoms with van der Waals surface area (Å²) in [6.45, 7) is 3.77. The second-order valence-electron chi connectivity index (χ2n) is 2.91. The second kappa shape index (κ2) is 4.66. The Labute approximate surface area is 92.0 Å². The third kappa shape index (κ3) is 2.62. The van der Waals surface area contributed by atoms with Gasteiger partial charge >= 0.3 is 0 Å². The molecule has 1 rings (SSSR count). The Morgan fingerprint density at radius 3 is 2.64 bits per heavy atom. The number of halogens is 2. The SMILES string of the molecule is Cc1n[nH]c(C)c1C(=O)NCC(Cl)Cl. The van der Waals surface area contributed by atoms with Crippen LogP contribution in [0.5, 0.6) is 0 Å². The van der Waals surface area contributed by atoms with Gasteiger partial charge in [-0.3, -0.25) is 9.89 Å². The average molecular weight is 236 g/mol. The molecule has 2 N–H and O–H groups in total. The summed E-state index contributed by atoms with van der Waals surface area (Å²) >= 11 is 11.0. The lowest BCUT2D eigenvalue weighted by molar-refractivity contribution is 0.0954. The highest BCUT2D eigenvalue weighted by molar-refractivity contribution is 6.44. The lowest BCUT2D eigenvalue weighted by Crippen LogP contribution is -2.28. The molecule has 4 nitrogen and oxygen atoms in total. The maximum Gasteiger partial charge on any atom is 0.255 e. The highest BCUT2D eigenvalue weighted by atomic mass is 35.5. The summed E-state index contributed by atoms with van der Waals surface area (Å²) in [5, 5.41) is 9.24. The zero-order chi connectivity index (χ0) is 10.7. The second-order valence-corrected chi connectivity index (χ2v) is 4.19. The Balaban J connectivity index is 2.70. The zero-order valence-electron chi connectivity index (χ0n) is 7.90. The van der Waals surface area contributed by atoms with E-state index < -0.39 is 4.84 Å². The van der Waals surface area contributed by atoms with Crippen LogP contribution < -0.4 is 5.32 Å². The molecule has 0 aliphatic carbocycles. The lowest BCUT2D eigenvalue weighted by Gasteiger charge is -2.04. The number of nitrogens with one attached hydrogen (secondary N) is 2. The van der Waals surface area contributed by atoms with Crippen molar-refractivity contribution in [2.75, 3.05) is 6.54 Å². The molecule has 1 aromatic rings. The number of aromatic amines is 1. The van der Waals surface area contributed by atoms with Gasteiger partial charge < -0.3 is 5.32 Å². The Bertz CT molecular complexity index is 316. The number of hydrogen-bond acceptors (Lipinski definition) is 2. The predicted octanol–water partition coefficient (Wildman–Crippen LogP) is 1.56. The summed E-state index contributed by atoms with van der Waals surface area (Å²) in [5.41, 5.74) is 1.96. The molecule has 0 atom stereocenters. The third-order valence-corrected chi connectivity index (χ3v) is 2.08. The highest BCUT2D eigenvalue weighted by Gasteiger charge is 2.15. The molecule has 14 heavy (non-hydrogen) atoms. The Morgan fingerprint density at radius 1 is 1.57 bits per heavy atom. The van der Waals surface area contributed by atoms with Crippen molar-refractivity contribution in [1.82, 2.24) is 15.5 Å². The molecular weight excluding hydrogens is 225 g/mol. The Kier molecular flexibility index (Phi) is 3.77. The maximum atomic E-state index is 11.6. The molecule has 0 fully saturated rings. The summed E-state index contributed by atoms with van der Waals surface area (Å²) in [5.74, 6) is -0.208. The lowest BCUT2D eigenvalue weighted by atomic mass is 10.2. The summed E-state index contributed by atoms with van der Waals surface area (Å²) in [6, 6.07) is 0. The predicted molar refractivity (Wildman–Crippen MR) is 55.9 cm³/mol. The van der Waals surface area contributed by atoms with E-state index in [0.29, 0.717) is 11.3 Å². The largest absolute Gasteiger partial charge is 0.349 e. The molecule has 0 bridgehead atoms. The van der Waals surface area contributed by atoms with Crippen molar-refractivity contribution in [2.24, 2.45) is 0 Å². The molecule has 0 unspecified atom stereocenters. The van der Waals surface area contributed by atoms with E-state index in [9.17, 15) is 4.79 Å². The fourth-order valence-electron chi connectivity index (χ4n) is 1.14. The van der Waals surface area contributed by atoms with Crippen LogP contribution in [-0.4, -0.2) is 27.5 Å². The fourth-order valence-corrected chi connectivity index (χ4v) is 1.30. The molecule has 0 saturated heterocycles. The minimum absolute atomic E-state index is 0.208.